The summed E-state index contributed by atoms with van der Waals surface area (Å²) in [6.07, 6.45) is 10.5. The SMILES string of the molecule is C=O.C=O.C=O.C=O.C=O.C=O.C=O.C=O.C=O.C=O.CC(C)C.CC(C)O.CCC(C)C.CCC(C)C.CCC(C)C.CCC(C)C.CC[C@H](C)[C@H](NC(=O)[C@H](Cc1cc#ccc1)N(C)C(=O)[C@H](Cc1ccccc1)N(C)C(C)=O)C(=O)N1CCCCC1.CCc1ccccc1.CN.CN.CN.CN.CN.CN.N.N.N.N. The first kappa shape index (κ1) is 173. The highest BCUT2D eigenvalue weighted by Crippen LogP contribution is 2.19. The molecular weight excluding hydrogens is 1450 g/mol. The number of likely N-dealkylation sites (tertiary alicyclic amines) is 1. The Hall–Kier alpha value is -8.38. The number of nitrogens with one attached hydrogen (secondary N) is 1. The third-order valence-corrected chi connectivity index (χ3v) is 12.8. The summed E-state index contributed by atoms with van der Waals surface area (Å²) >= 11 is 0. The van der Waals surface area contributed by atoms with Gasteiger partial charge in [-0.05, 0) is 152 Å². The summed E-state index contributed by atoms with van der Waals surface area (Å²) < 4.78 is 0. The molecule has 4 atom stereocenters. The number of hydrogen-bond acceptors (Lipinski definition) is 25. The van der Waals surface area contributed by atoms with Crippen LogP contribution in [0.3, 0.4) is 0 Å². The zero-order valence-corrected chi connectivity index (χ0v) is 77.3. The quantitative estimate of drug-likeness (QED) is 0.0597. The van der Waals surface area contributed by atoms with E-state index in [0.717, 1.165) is 72.8 Å². The van der Waals surface area contributed by atoms with Crippen LogP contribution in [0, 0.1) is 47.6 Å². The van der Waals surface area contributed by atoms with Gasteiger partial charge in [0.25, 0.3) is 0 Å². The predicted molar refractivity (Wildman–Crippen MR) is 485 cm³/mol. The second-order valence-electron chi connectivity index (χ2n) is 23.0. The fraction of sp³-hybridized carbons (Fsp3) is 0.619. The Balaban J connectivity index is -0.0000000413. The highest BCUT2D eigenvalue weighted by atomic mass is 16.3. The van der Waals surface area contributed by atoms with Gasteiger partial charge in [0.15, 0.2) is 0 Å². The number of aliphatic hydroxyl groups is 1. The lowest BCUT2D eigenvalue weighted by molar-refractivity contribution is -0.147. The van der Waals surface area contributed by atoms with Crippen LogP contribution in [0.4, 0.5) is 0 Å². The first-order valence-corrected chi connectivity index (χ1v) is 36.2. The summed E-state index contributed by atoms with van der Waals surface area (Å²) in [6, 6.07) is 28.7. The number of likely N-dealkylation sites (N-methyl/N-ethyl adjacent to an activating group) is 2. The van der Waals surface area contributed by atoms with Crippen molar-refractivity contribution in [2.24, 2.45) is 69.9 Å². The van der Waals surface area contributed by atoms with Gasteiger partial charge in [0.05, 0.1) is 0 Å². The smallest absolute Gasteiger partial charge is 0.246 e. The molecule has 0 spiro atoms. The van der Waals surface area contributed by atoms with E-state index < -0.39 is 24.0 Å². The van der Waals surface area contributed by atoms with Gasteiger partial charge < -0.3 is 132 Å². The Morgan fingerprint density at radius 1 is 0.425 bits per heavy atom. The average Bonchev–Trinajstić information content (AvgIpc) is 0.816. The van der Waals surface area contributed by atoms with E-state index in [9.17, 15) is 19.2 Å². The number of nitrogens with zero attached hydrogens (tertiary/aromatic N) is 3. The van der Waals surface area contributed by atoms with Gasteiger partial charge >= 0.3 is 0 Å². The molecule has 0 bridgehead atoms. The molecule has 113 heavy (non-hydrogen) atoms. The van der Waals surface area contributed by atoms with Crippen molar-refractivity contribution in [2.75, 3.05) is 69.5 Å². The van der Waals surface area contributed by atoms with Crippen molar-refractivity contribution in [2.45, 2.75) is 240 Å². The zero-order chi connectivity index (χ0) is 92.1. The van der Waals surface area contributed by atoms with Crippen molar-refractivity contribution in [1.82, 2.24) is 44.6 Å². The second kappa shape index (κ2) is 168. The average molecular weight is 1630 g/mol. The lowest BCUT2D eigenvalue weighted by atomic mass is 9.95. The lowest BCUT2D eigenvalue weighted by Gasteiger charge is -2.36. The van der Waals surface area contributed by atoms with E-state index in [1.165, 1.54) is 90.3 Å². The van der Waals surface area contributed by atoms with Crippen molar-refractivity contribution in [1.29, 1.82) is 0 Å². The summed E-state index contributed by atoms with van der Waals surface area (Å²) in [4.78, 5) is 139. The van der Waals surface area contributed by atoms with Crippen LogP contribution < -0.4 is 64.3 Å². The molecule has 3 aromatic carbocycles. The number of benzene rings is 2. The first-order valence-electron chi connectivity index (χ1n) is 36.2. The van der Waals surface area contributed by atoms with E-state index in [4.69, 9.17) is 53.1 Å². The molecule has 29 nitrogen and oxygen atoms in total. The van der Waals surface area contributed by atoms with Gasteiger partial charge in [-0.15, -0.1) is 0 Å². The van der Waals surface area contributed by atoms with E-state index in [1.54, 1.807) is 40.1 Å². The Morgan fingerprint density at radius 3 is 0.912 bits per heavy atom. The Labute approximate surface area is 692 Å². The van der Waals surface area contributed by atoms with E-state index >= 15 is 0 Å². The maximum absolute atomic E-state index is 14.0. The molecule has 0 aromatic heterocycles. The third-order valence-electron chi connectivity index (χ3n) is 12.8. The number of nitrogens with two attached hydrogens (primary N) is 6. The standard InChI is InChI=1S/C33H44N4O4.C8H10.4C5H12.C4H10.C3H8O.6CH5N.10CH2O.4H3N/c1-6-24(2)30(33(41)37-20-14-9-15-21-37)34-31(39)28(22-26-16-10-7-11-17-26)36(5)32(40)29(35(4)25(3)38)23-27-18-12-8-13-19-27;1-2-8-6-4-3-5-7-8;4*1-4-5(2)3;1-4(2)3;1-3(2)4;16*1-2;;;;/h8,10,12-13,16-19,24,28-30H,6,9,14-15,20-23H2,1-5H3,(H,34,39);3-7H,2H2,1H3;4*5H,4H2,1-3H3;4H,1-3H3;3-4H,1-2H3;6*2H2,1H3;10*1H2;4*1H3/t24-,28-,29-,30-;;;;;;;;;;;;;;;;;;;;;;;;;;;/m0.........................../s1. The molecule has 29 heteroatoms. The lowest BCUT2D eigenvalue weighted by Crippen LogP contribution is -2.59. The number of rotatable bonds is 17. The van der Waals surface area contributed by atoms with Gasteiger partial charge in [-0.25, -0.2) is 0 Å². The Bertz CT molecular complexity index is 1980. The van der Waals surface area contributed by atoms with Gasteiger partial charge in [-0.3, -0.25) is 19.2 Å². The monoisotopic (exact) mass is 1630 g/mol. The molecule has 1 aliphatic rings. The van der Waals surface area contributed by atoms with Crippen molar-refractivity contribution in [3.63, 3.8) is 0 Å². The fourth-order valence-corrected chi connectivity index (χ4v) is 5.93. The van der Waals surface area contributed by atoms with Crippen molar-refractivity contribution in [3.8, 4) is 0 Å². The Morgan fingerprint density at radius 2 is 0.690 bits per heavy atom. The highest BCUT2D eigenvalue weighted by molar-refractivity contribution is 5.94. The number of amides is 4. The van der Waals surface area contributed by atoms with Crippen LogP contribution in [0.2, 0.25) is 0 Å². The predicted octanol–water partition coefficient (Wildman–Crippen LogP) is 12.0. The molecule has 1 heterocycles. The minimum absolute atomic E-state index is 0. The number of aryl methyl sites for hydroxylation is 1. The molecule has 26 N–H and O–H groups in total. The maximum Gasteiger partial charge on any atom is 0.246 e. The van der Waals surface area contributed by atoms with Crippen LogP contribution in [0.25, 0.3) is 0 Å². The molecule has 4 rings (SSSR count). The third kappa shape index (κ3) is 153. The van der Waals surface area contributed by atoms with Gasteiger partial charge in [0, 0.05) is 53.1 Å². The van der Waals surface area contributed by atoms with Gasteiger partial charge in [-0.1, -0.05) is 230 Å². The molecule has 1 saturated heterocycles. The van der Waals surface area contributed by atoms with Crippen molar-refractivity contribution < 1.29 is 72.2 Å². The van der Waals surface area contributed by atoms with E-state index in [-0.39, 0.29) is 60.8 Å². The van der Waals surface area contributed by atoms with E-state index in [2.05, 4.69) is 187 Å². The molecule has 678 valence electrons. The van der Waals surface area contributed by atoms with Crippen LogP contribution in [0.1, 0.15) is 213 Å². The molecule has 1 aliphatic heterocycles. The molecule has 3 aromatic rings. The molecule has 0 saturated carbocycles. The Kier molecular flexibility index (Phi) is 257. The van der Waals surface area contributed by atoms with Gasteiger partial charge in [0.1, 0.15) is 86.0 Å². The zero-order valence-electron chi connectivity index (χ0n) is 77.3. The minimum Gasteiger partial charge on any atom is -0.394 e. The van der Waals surface area contributed by atoms with E-state index in [1.807, 2.05) is 129 Å². The summed E-state index contributed by atoms with van der Waals surface area (Å²) in [6.45, 7) is 65.5. The summed E-state index contributed by atoms with van der Waals surface area (Å²) in [5, 5.41) is 11.1. The van der Waals surface area contributed by atoms with Gasteiger partial charge in [0.2, 0.25) is 23.6 Å². The number of piperidine rings is 1. The maximum atomic E-state index is 14.0. The highest BCUT2D eigenvalue weighted by Gasteiger charge is 2.37. The largest absolute Gasteiger partial charge is 0.394 e. The van der Waals surface area contributed by atoms with Crippen LogP contribution in [-0.4, -0.2) is 205 Å². The normalized spacial score (nSPS) is 9.45. The van der Waals surface area contributed by atoms with Crippen LogP contribution in [0.15, 0.2) is 78.9 Å². The topological polar surface area (TPSA) is 577 Å². The van der Waals surface area contributed by atoms with Crippen LogP contribution in [-0.2, 0) is 86.4 Å². The minimum atomic E-state index is -0.905. The summed E-state index contributed by atoms with van der Waals surface area (Å²) in [5.41, 5.74) is 30.1. The number of carbonyl (C=O) groups excluding carboxylic acids is 14. The van der Waals surface area contributed by atoms with Crippen molar-refractivity contribution >= 4 is 91.5 Å². The fourth-order valence-electron chi connectivity index (χ4n) is 5.93. The molecule has 0 aliphatic carbocycles. The number of hydrogen-bond donors (Lipinski definition) is 12. The summed E-state index contributed by atoms with van der Waals surface area (Å²) in [7, 11) is 12.2. The first-order chi connectivity index (χ1) is 52.1. The molecule has 0 unspecified atom stereocenters. The number of aliphatic hydroxyl groups excluding tert-OH is 1. The van der Waals surface area contributed by atoms with Crippen molar-refractivity contribution in [3.05, 3.63) is 108 Å². The van der Waals surface area contributed by atoms with E-state index in [0.29, 0.717) is 19.5 Å². The number of carbonyl (C=O) groups is 14. The summed E-state index contributed by atoms with van der Waals surface area (Å²) in [5.74, 6) is 3.24. The molecule has 0 radical (unpaired) electrons. The molecule has 1 fully saturated rings. The second-order valence-corrected chi connectivity index (χ2v) is 23.0. The molecular formula is C84H182N14O15. The van der Waals surface area contributed by atoms with Gasteiger partial charge in [-0.2, -0.15) is 0 Å². The van der Waals surface area contributed by atoms with Crippen LogP contribution >= 0.6 is 0 Å². The molecule has 4 amide bonds. The van der Waals surface area contributed by atoms with Crippen LogP contribution in [0.5, 0.6) is 0 Å².